The van der Waals surface area contributed by atoms with Gasteiger partial charge in [0.05, 0.1) is 12.7 Å². The van der Waals surface area contributed by atoms with Crippen LogP contribution in [0.25, 0.3) is 0 Å². The second-order valence-electron chi connectivity index (χ2n) is 3.14. The van der Waals surface area contributed by atoms with Gasteiger partial charge in [-0.25, -0.2) is 0 Å². The normalized spacial score (nSPS) is 25.0. The smallest absolute Gasteiger partial charge is 0.0710 e. The Morgan fingerprint density at radius 2 is 2.33 bits per heavy atom. The third-order valence-corrected chi connectivity index (χ3v) is 2.32. The standard InChI is InChI=1S/C9H19NO2/c1-3-12-7-6-10-5-4-9(8-10)11-2/h9H,3-8H2,1-2H3. The molecule has 0 aromatic rings. The van der Waals surface area contributed by atoms with E-state index in [0.717, 1.165) is 32.8 Å². The first-order valence-corrected chi connectivity index (χ1v) is 4.69. The molecule has 0 aromatic heterocycles. The fourth-order valence-corrected chi connectivity index (χ4v) is 1.53. The van der Waals surface area contributed by atoms with Gasteiger partial charge in [0.15, 0.2) is 0 Å². The molecule has 3 nitrogen and oxygen atoms in total. The van der Waals surface area contributed by atoms with Crippen molar-refractivity contribution in [3.8, 4) is 0 Å². The summed E-state index contributed by atoms with van der Waals surface area (Å²) in [6.07, 6.45) is 1.62. The quantitative estimate of drug-likeness (QED) is 0.572. The molecule has 1 atom stereocenters. The Bertz CT molecular complexity index is 119. The summed E-state index contributed by atoms with van der Waals surface area (Å²) in [5.74, 6) is 0. The minimum absolute atomic E-state index is 0.451. The summed E-state index contributed by atoms with van der Waals surface area (Å²) >= 11 is 0. The van der Waals surface area contributed by atoms with Crippen molar-refractivity contribution in [3.63, 3.8) is 0 Å². The molecule has 1 aliphatic rings. The van der Waals surface area contributed by atoms with E-state index in [9.17, 15) is 0 Å². The van der Waals surface area contributed by atoms with Gasteiger partial charge in [0.25, 0.3) is 0 Å². The van der Waals surface area contributed by atoms with Crippen LogP contribution in [0.4, 0.5) is 0 Å². The van der Waals surface area contributed by atoms with Gasteiger partial charge in [-0.15, -0.1) is 0 Å². The number of rotatable bonds is 5. The summed E-state index contributed by atoms with van der Waals surface area (Å²) in [5.41, 5.74) is 0. The van der Waals surface area contributed by atoms with Gasteiger partial charge in [0, 0.05) is 33.4 Å². The van der Waals surface area contributed by atoms with E-state index in [1.54, 1.807) is 7.11 Å². The number of likely N-dealkylation sites (tertiary alicyclic amines) is 1. The largest absolute Gasteiger partial charge is 0.380 e. The second kappa shape index (κ2) is 5.51. The van der Waals surface area contributed by atoms with Gasteiger partial charge in [-0.05, 0) is 13.3 Å². The second-order valence-corrected chi connectivity index (χ2v) is 3.14. The first kappa shape index (κ1) is 9.96. The number of nitrogens with zero attached hydrogens (tertiary/aromatic N) is 1. The first-order chi connectivity index (χ1) is 5.86. The fraction of sp³-hybridized carbons (Fsp3) is 1.00. The van der Waals surface area contributed by atoms with Gasteiger partial charge < -0.3 is 9.47 Å². The predicted octanol–water partition coefficient (Wildman–Crippen LogP) is 0.744. The first-order valence-electron chi connectivity index (χ1n) is 4.69. The van der Waals surface area contributed by atoms with Crippen LogP contribution in [0.1, 0.15) is 13.3 Å². The van der Waals surface area contributed by atoms with E-state index in [2.05, 4.69) is 4.90 Å². The number of hydrogen-bond acceptors (Lipinski definition) is 3. The third-order valence-electron chi connectivity index (χ3n) is 2.32. The van der Waals surface area contributed by atoms with E-state index in [-0.39, 0.29) is 0 Å². The van der Waals surface area contributed by atoms with Crippen LogP contribution in [0.15, 0.2) is 0 Å². The van der Waals surface area contributed by atoms with Crippen molar-refractivity contribution in [3.05, 3.63) is 0 Å². The highest BCUT2D eigenvalue weighted by atomic mass is 16.5. The molecule has 0 spiro atoms. The zero-order valence-electron chi connectivity index (χ0n) is 8.08. The molecule has 1 aliphatic heterocycles. The van der Waals surface area contributed by atoms with Crippen LogP contribution in [0.2, 0.25) is 0 Å². The summed E-state index contributed by atoms with van der Waals surface area (Å²) < 4.78 is 10.5. The molecule has 0 saturated carbocycles. The van der Waals surface area contributed by atoms with Crippen LogP contribution >= 0.6 is 0 Å². The summed E-state index contributed by atoms with van der Waals surface area (Å²) in [4.78, 5) is 2.39. The van der Waals surface area contributed by atoms with Gasteiger partial charge in [0.1, 0.15) is 0 Å². The molecule has 1 heterocycles. The Hall–Kier alpha value is -0.120. The van der Waals surface area contributed by atoms with Crippen molar-refractivity contribution in [2.45, 2.75) is 19.4 Å². The topological polar surface area (TPSA) is 21.7 Å². The summed E-state index contributed by atoms with van der Waals surface area (Å²) in [7, 11) is 1.79. The van der Waals surface area contributed by atoms with Crippen molar-refractivity contribution < 1.29 is 9.47 Å². The van der Waals surface area contributed by atoms with Gasteiger partial charge in [-0.2, -0.15) is 0 Å². The lowest BCUT2D eigenvalue weighted by atomic mass is 10.3. The number of ether oxygens (including phenoxy) is 2. The lowest BCUT2D eigenvalue weighted by molar-refractivity contribution is 0.0931. The molecule has 1 rings (SSSR count). The van der Waals surface area contributed by atoms with E-state index in [1.165, 1.54) is 6.42 Å². The number of methoxy groups -OCH3 is 1. The highest BCUT2D eigenvalue weighted by Gasteiger charge is 2.20. The molecule has 0 aromatic carbocycles. The van der Waals surface area contributed by atoms with Crippen molar-refractivity contribution in [1.29, 1.82) is 0 Å². The molecule has 1 unspecified atom stereocenters. The Morgan fingerprint density at radius 3 is 2.92 bits per heavy atom. The highest BCUT2D eigenvalue weighted by Crippen LogP contribution is 2.10. The predicted molar refractivity (Wildman–Crippen MR) is 48.3 cm³/mol. The van der Waals surface area contributed by atoms with Crippen LogP contribution < -0.4 is 0 Å². The molecular formula is C9H19NO2. The molecule has 0 N–H and O–H groups in total. The monoisotopic (exact) mass is 173 g/mol. The molecule has 0 bridgehead atoms. The summed E-state index contributed by atoms with van der Waals surface area (Å²) in [6.45, 7) is 6.99. The minimum Gasteiger partial charge on any atom is -0.380 e. The SMILES string of the molecule is CCOCCN1CCC(OC)C1. The van der Waals surface area contributed by atoms with E-state index < -0.39 is 0 Å². The Balaban J connectivity index is 2.03. The van der Waals surface area contributed by atoms with Crippen molar-refractivity contribution in [1.82, 2.24) is 4.90 Å². The fourth-order valence-electron chi connectivity index (χ4n) is 1.53. The Labute approximate surface area is 74.6 Å². The molecule has 0 radical (unpaired) electrons. The molecule has 3 heteroatoms. The van der Waals surface area contributed by atoms with Crippen LogP contribution in [0.3, 0.4) is 0 Å². The molecular weight excluding hydrogens is 154 g/mol. The average molecular weight is 173 g/mol. The third kappa shape index (κ3) is 3.09. The van der Waals surface area contributed by atoms with Gasteiger partial charge in [-0.3, -0.25) is 4.90 Å². The van der Waals surface area contributed by atoms with Crippen molar-refractivity contribution in [2.75, 3.05) is 40.0 Å². The van der Waals surface area contributed by atoms with E-state index in [1.807, 2.05) is 6.92 Å². The molecule has 1 fully saturated rings. The highest BCUT2D eigenvalue weighted by molar-refractivity contribution is 4.75. The maximum atomic E-state index is 5.28. The van der Waals surface area contributed by atoms with Crippen molar-refractivity contribution in [2.24, 2.45) is 0 Å². The van der Waals surface area contributed by atoms with Gasteiger partial charge in [0.2, 0.25) is 0 Å². The van der Waals surface area contributed by atoms with E-state index in [0.29, 0.717) is 6.10 Å². The van der Waals surface area contributed by atoms with Crippen LogP contribution in [0.5, 0.6) is 0 Å². The van der Waals surface area contributed by atoms with Crippen LogP contribution in [0, 0.1) is 0 Å². The number of hydrogen-bond donors (Lipinski definition) is 0. The zero-order valence-corrected chi connectivity index (χ0v) is 8.08. The molecule has 12 heavy (non-hydrogen) atoms. The Kier molecular flexibility index (Phi) is 4.58. The molecule has 0 amide bonds. The minimum atomic E-state index is 0.451. The molecule has 0 aliphatic carbocycles. The van der Waals surface area contributed by atoms with Crippen molar-refractivity contribution >= 4 is 0 Å². The van der Waals surface area contributed by atoms with E-state index >= 15 is 0 Å². The average Bonchev–Trinajstić information content (AvgIpc) is 2.53. The van der Waals surface area contributed by atoms with Gasteiger partial charge >= 0.3 is 0 Å². The van der Waals surface area contributed by atoms with Crippen LogP contribution in [-0.2, 0) is 9.47 Å². The maximum absolute atomic E-state index is 5.28. The zero-order chi connectivity index (χ0) is 8.81. The summed E-state index contributed by atoms with van der Waals surface area (Å²) in [6, 6.07) is 0. The van der Waals surface area contributed by atoms with E-state index in [4.69, 9.17) is 9.47 Å². The summed E-state index contributed by atoms with van der Waals surface area (Å²) in [5, 5.41) is 0. The maximum Gasteiger partial charge on any atom is 0.0710 e. The lowest BCUT2D eigenvalue weighted by Crippen LogP contribution is -2.26. The molecule has 72 valence electrons. The van der Waals surface area contributed by atoms with Gasteiger partial charge in [-0.1, -0.05) is 0 Å². The molecule has 1 saturated heterocycles. The lowest BCUT2D eigenvalue weighted by Gasteiger charge is -2.14. The Morgan fingerprint density at radius 1 is 1.50 bits per heavy atom. The van der Waals surface area contributed by atoms with Crippen LogP contribution in [-0.4, -0.2) is 51.0 Å².